The van der Waals surface area contributed by atoms with E-state index >= 15 is 0 Å². The van der Waals surface area contributed by atoms with Crippen LogP contribution in [0.25, 0.3) is 10.6 Å². The summed E-state index contributed by atoms with van der Waals surface area (Å²) in [6.45, 7) is 0. The Bertz CT molecular complexity index is 973. The van der Waals surface area contributed by atoms with Crippen LogP contribution < -0.4 is 5.32 Å². The number of rotatable bonds is 3. The molecule has 0 saturated carbocycles. The van der Waals surface area contributed by atoms with E-state index in [9.17, 15) is 4.79 Å². The van der Waals surface area contributed by atoms with E-state index < -0.39 is 0 Å². The molecule has 1 unspecified atom stereocenters. The minimum Gasteiger partial charge on any atom is -0.326 e. The number of amides is 1. The molecule has 3 aromatic rings. The third-order valence-electron chi connectivity index (χ3n) is 4.50. The Balaban J connectivity index is 1.46. The number of hydrogen-bond acceptors (Lipinski definition) is 5. The van der Waals surface area contributed by atoms with Gasteiger partial charge in [0, 0.05) is 34.4 Å². The molecule has 0 aliphatic heterocycles. The first-order valence-corrected chi connectivity index (χ1v) is 9.24. The molecule has 5 nitrogen and oxygen atoms in total. The second-order valence-corrected chi connectivity index (χ2v) is 7.33. The average molecular weight is 360 g/mol. The molecule has 2 heterocycles. The summed E-state index contributed by atoms with van der Waals surface area (Å²) >= 11 is 1.65. The molecule has 1 aliphatic rings. The topological polar surface area (TPSA) is 78.7 Å². The molecular formula is C20H16N4OS. The molecule has 2 aromatic heterocycles. The summed E-state index contributed by atoms with van der Waals surface area (Å²) in [4.78, 5) is 22.7. The molecule has 0 bridgehead atoms. The molecule has 4 rings (SSSR count). The third kappa shape index (κ3) is 3.35. The maximum absolute atomic E-state index is 12.6. The molecule has 0 spiro atoms. The van der Waals surface area contributed by atoms with Gasteiger partial charge >= 0.3 is 0 Å². The highest BCUT2D eigenvalue weighted by atomic mass is 32.1. The van der Waals surface area contributed by atoms with Crippen molar-refractivity contribution in [1.29, 1.82) is 5.26 Å². The van der Waals surface area contributed by atoms with Crippen LogP contribution in [0.5, 0.6) is 0 Å². The van der Waals surface area contributed by atoms with E-state index in [2.05, 4.69) is 16.4 Å². The highest BCUT2D eigenvalue weighted by Gasteiger charge is 2.27. The lowest BCUT2D eigenvalue weighted by Gasteiger charge is -2.20. The maximum atomic E-state index is 12.6. The van der Waals surface area contributed by atoms with Crippen LogP contribution in [-0.4, -0.2) is 15.9 Å². The molecule has 26 heavy (non-hydrogen) atoms. The zero-order chi connectivity index (χ0) is 17.9. The number of nitrogens with zero attached hydrogens (tertiary/aromatic N) is 3. The Morgan fingerprint density at radius 3 is 2.85 bits per heavy atom. The van der Waals surface area contributed by atoms with Gasteiger partial charge in [0.25, 0.3) is 0 Å². The Hall–Kier alpha value is -3.04. The van der Waals surface area contributed by atoms with Crippen LogP contribution >= 0.6 is 11.3 Å². The van der Waals surface area contributed by atoms with Crippen molar-refractivity contribution in [3.8, 4) is 16.6 Å². The van der Waals surface area contributed by atoms with E-state index in [0.29, 0.717) is 5.56 Å². The largest absolute Gasteiger partial charge is 0.326 e. The van der Waals surface area contributed by atoms with Crippen molar-refractivity contribution >= 4 is 22.9 Å². The number of aryl methyl sites for hydroxylation is 1. The van der Waals surface area contributed by atoms with Crippen molar-refractivity contribution in [3.63, 3.8) is 0 Å². The van der Waals surface area contributed by atoms with Gasteiger partial charge in [0.15, 0.2) is 0 Å². The van der Waals surface area contributed by atoms with Crippen LogP contribution in [0.1, 0.15) is 22.6 Å². The summed E-state index contributed by atoms with van der Waals surface area (Å²) in [6.07, 6.45) is 5.90. The SMILES string of the molecule is N#Cc1ccc(NC(=O)C2CCc3nc(-c4cccnc4)sc3C2)cc1. The van der Waals surface area contributed by atoms with E-state index in [1.807, 2.05) is 18.3 Å². The Morgan fingerprint density at radius 2 is 2.12 bits per heavy atom. The number of carbonyl (C=O) groups is 1. The number of aromatic nitrogens is 2. The quantitative estimate of drug-likeness (QED) is 0.770. The number of nitriles is 1. The van der Waals surface area contributed by atoms with Crippen molar-refractivity contribution in [1.82, 2.24) is 9.97 Å². The van der Waals surface area contributed by atoms with Crippen LogP contribution in [0.15, 0.2) is 48.8 Å². The molecule has 1 N–H and O–H groups in total. The highest BCUT2D eigenvalue weighted by molar-refractivity contribution is 7.15. The van der Waals surface area contributed by atoms with E-state index in [1.165, 1.54) is 4.88 Å². The molecule has 0 radical (unpaired) electrons. The van der Waals surface area contributed by atoms with Gasteiger partial charge in [-0.15, -0.1) is 11.3 Å². The molecule has 0 fully saturated rings. The number of hydrogen-bond donors (Lipinski definition) is 1. The highest BCUT2D eigenvalue weighted by Crippen LogP contribution is 2.34. The smallest absolute Gasteiger partial charge is 0.227 e. The number of fused-ring (bicyclic) bond motifs is 1. The number of benzene rings is 1. The van der Waals surface area contributed by atoms with Crippen molar-refractivity contribution in [2.24, 2.45) is 5.92 Å². The molecular weight excluding hydrogens is 344 g/mol. The van der Waals surface area contributed by atoms with Crippen LogP contribution in [0.4, 0.5) is 5.69 Å². The fourth-order valence-corrected chi connectivity index (χ4v) is 4.26. The van der Waals surface area contributed by atoms with Gasteiger partial charge in [-0.25, -0.2) is 4.98 Å². The number of anilines is 1. The van der Waals surface area contributed by atoms with Gasteiger partial charge in [-0.2, -0.15) is 5.26 Å². The predicted molar refractivity (Wildman–Crippen MR) is 101 cm³/mol. The zero-order valence-corrected chi connectivity index (χ0v) is 14.8. The normalized spacial score (nSPS) is 15.7. The molecule has 1 aromatic carbocycles. The van der Waals surface area contributed by atoms with E-state index in [1.54, 1.807) is 41.8 Å². The molecule has 0 saturated heterocycles. The van der Waals surface area contributed by atoms with Crippen molar-refractivity contribution in [2.75, 3.05) is 5.32 Å². The van der Waals surface area contributed by atoms with Crippen LogP contribution in [0.3, 0.4) is 0 Å². The molecule has 6 heteroatoms. The van der Waals surface area contributed by atoms with Gasteiger partial charge < -0.3 is 5.32 Å². The Labute approximate surface area is 155 Å². The Kier molecular flexibility index (Phi) is 4.46. The van der Waals surface area contributed by atoms with Gasteiger partial charge in [-0.1, -0.05) is 0 Å². The van der Waals surface area contributed by atoms with Crippen molar-refractivity contribution < 1.29 is 4.79 Å². The summed E-state index contributed by atoms with van der Waals surface area (Å²) in [5.74, 6) is -0.0305. The summed E-state index contributed by atoms with van der Waals surface area (Å²) in [6, 6.07) is 12.9. The summed E-state index contributed by atoms with van der Waals surface area (Å²) in [5.41, 5.74) is 3.43. The number of pyridine rings is 1. The third-order valence-corrected chi connectivity index (χ3v) is 5.67. The standard InChI is InChI=1S/C20H16N4OS/c21-11-13-3-6-16(7-4-13)23-19(25)14-5-8-17-18(10-14)26-20(24-17)15-2-1-9-22-12-15/h1-4,6-7,9,12,14H,5,8,10H2,(H,23,25). The summed E-state index contributed by atoms with van der Waals surface area (Å²) < 4.78 is 0. The van der Waals surface area contributed by atoms with Crippen LogP contribution in [-0.2, 0) is 17.6 Å². The molecule has 1 amide bonds. The Morgan fingerprint density at radius 1 is 1.27 bits per heavy atom. The first kappa shape index (κ1) is 16.4. The minimum atomic E-state index is -0.0552. The van der Waals surface area contributed by atoms with Crippen molar-refractivity contribution in [2.45, 2.75) is 19.3 Å². The number of carbonyl (C=O) groups excluding carboxylic acids is 1. The lowest BCUT2D eigenvalue weighted by Crippen LogP contribution is -2.27. The second kappa shape index (κ2) is 7.06. The first-order valence-electron chi connectivity index (χ1n) is 8.43. The molecule has 128 valence electrons. The van der Waals surface area contributed by atoms with Gasteiger partial charge in [0.1, 0.15) is 5.01 Å². The number of thiazole rings is 1. The fraction of sp³-hybridized carbons (Fsp3) is 0.200. The zero-order valence-electron chi connectivity index (χ0n) is 14.0. The lowest BCUT2D eigenvalue weighted by atomic mass is 9.90. The first-order chi connectivity index (χ1) is 12.7. The van der Waals surface area contributed by atoms with E-state index in [-0.39, 0.29) is 11.8 Å². The lowest BCUT2D eigenvalue weighted by molar-refractivity contribution is -0.120. The minimum absolute atomic E-state index is 0.0247. The fourth-order valence-electron chi connectivity index (χ4n) is 3.08. The van der Waals surface area contributed by atoms with E-state index in [0.717, 1.165) is 41.2 Å². The maximum Gasteiger partial charge on any atom is 0.227 e. The van der Waals surface area contributed by atoms with Gasteiger partial charge in [-0.3, -0.25) is 9.78 Å². The van der Waals surface area contributed by atoms with Gasteiger partial charge in [0.2, 0.25) is 5.91 Å². The van der Waals surface area contributed by atoms with Crippen molar-refractivity contribution in [3.05, 3.63) is 64.9 Å². The molecule has 1 atom stereocenters. The van der Waals surface area contributed by atoms with Crippen LogP contribution in [0, 0.1) is 17.2 Å². The monoisotopic (exact) mass is 360 g/mol. The van der Waals surface area contributed by atoms with Gasteiger partial charge in [0.05, 0.1) is 17.3 Å². The van der Waals surface area contributed by atoms with E-state index in [4.69, 9.17) is 10.2 Å². The second-order valence-electron chi connectivity index (χ2n) is 6.25. The summed E-state index contributed by atoms with van der Waals surface area (Å²) in [7, 11) is 0. The number of nitrogens with one attached hydrogen (secondary N) is 1. The van der Waals surface area contributed by atoms with Crippen LogP contribution in [0.2, 0.25) is 0 Å². The average Bonchev–Trinajstić information content (AvgIpc) is 3.12. The predicted octanol–water partition coefficient (Wildman–Crippen LogP) is 3.82. The summed E-state index contributed by atoms with van der Waals surface area (Å²) in [5, 5.41) is 12.8. The van der Waals surface area contributed by atoms with Gasteiger partial charge in [-0.05, 0) is 55.7 Å². The molecule has 1 aliphatic carbocycles.